The van der Waals surface area contributed by atoms with Gasteiger partial charge in [0.25, 0.3) is 0 Å². The molecule has 1 N–H and O–H groups in total. The number of nitrogens with zero attached hydrogens (tertiary/aromatic N) is 1. The summed E-state index contributed by atoms with van der Waals surface area (Å²) in [5.74, 6) is -1.19. The van der Waals surface area contributed by atoms with Crippen LogP contribution in [0.3, 0.4) is 0 Å². The first-order valence-corrected chi connectivity index (χ1v) is 7.45. The van der Waals surface area contributed by atoms with E-state index in [1.54, 1.807) is 13.8 Å². The van der Waals surface area contributed by atoms with E-state index < -0.39 is 15.8 Å². The van der Waals surface area contributed by atoms with Crippen LogP contribution in [-0.2, 0) is 15.6 Å². The number of rotatable bonds is 4. The maximum Gasteiger partial charge on any atom is 0.337 e. The topological polar surface area (TPSA) is 97.5 Å². The van der Waals surface area contributed by atoms with E-state index in [1.165, 1.54) is 24.3 Å². The molecule has 0 bridgehead atoms. The van der Waals surface area contributed by atoms with Gasteiger partial charge in [-0.25, -0.2) is 13.2 Å². The number of carbonyl (C=O) groups is 1. The second-order valence-electron chi connectivity index (χ2n) is 4.36. The van der Waals surface area contributed by atoms with Crippen LogP contribution in [0.5, 0.6) is 0 Å². The minimum Gasteiger partial charge on any atom is -0.478 e. The SMILES string of the molecule is Cc1noc(C)c1CS(=O)(=O)c1ccccc1C(=O)O. The Hall–Kier alpha value is -2.15. The van der Waals surface area contributed by atoms with Crippen LogP contribution in [0.25, 0.3) is 0 Å². The minimum absolute atomic E-state index is 0.201. The number of sulfone groups is 1. The zero-order valence-electron chi connectivity index (χ0n) is 11.0. The Kier molecular flexibility index (Phi) is 3.63. The molecule has 0 aliphatic heterocycles. The molecule has 2 aromatic rings. The molecule has 7 heteroatoms. The summed E-state index contributed by atoms with van der Waals surface area (Å²) >= 11 is 0. The van der Waals surface area contributed by atoms with Crippen LogP contribution in [0.2, 0.25) is 0 Å². The highest BCUT2D eigenvalue weighted by atomic mass is 32.2. The van der Waals surface area contributed by atoms with Crippen LogP contribution in [-0.4, -0.2) is 24.7 Å². The Morgan fingerprint density at radius 2 is 1.95 bits per heavy atom. The molecule has 1 aromatic heterocycles. The number of aromatic nitrogens is 1. The Bertz CT molecular complexity index is 741. The first-order valence-electron chi connectivity index (χ1n) is 5.80. The van der Waals surface area contributed by atoms with Crippen molar-refractivity contribution in [2.45, 2.75) is 24.5 Å². The lowest BCUT2D eigenvalue weighted by atomic mass is 10.2. The number of hydrogen-bond donors (Lipinski definition) is 1. The first kappa shape index (κ1) is 14.3. The summed E-state index contributed by atoms with van der Waals surface area (Å²) in [5.41, 5.74) is 0.711. The van der Waals surface area contributed by atoms with Gasteiger partial charge in [-0.15, -0.1) is 0 Å². The van der Waals surface area contributed by atoms with Gasteiger partial charge in [0.15, 0.2) is 9.84 Å². The summed E-state index contributed by atoms with van der Waals surface area (Å²) in [5, 5.41) is 12.8. The maximum atomic E-state index is 12.4. The fourth-order valence-corrected chi connectivity index (χ4v) is 3.61. The summed E-state index contributed by atoms with van der Waals surface area (Å²) < 4.78 is 29.7. The number of carboxylic acids is 1. The second kappa shape index (κ2) is 5.09. The van der Waals surface area contributed by atoms with Crippen LogP contribution < -0.4 is 0 Å². The molecule has 0 aliphatic carbocycles. The Morgan fingerprint density at radius 3 is 2.50 bits per heavy atom. The molecule has 0 radical (unpaired) electrons. The van der Waals surface area contributed by atoms with Crippen LogP contribution in [0.1, 0.15) is 27.4 Å². The Labute approximate surface area is 115 Å². The first-order chi connectivity index (χ1) is 9.33. The standard InChI is InChI=1S/C13H13NO5S/c1-8-11(9(2)19-14-8)7-20(17,18)12-6-4-3-5-10(12)13(15)16/h3-6H,7H2,1-2H3,(H,15,16). The summed E-state index contributed by atoms with van der Waals surface area (Å²) in [6.45, 7) is 3.26. The van der Waals surface area contributed by atoms with Crippen molar-refractivity contribution in [2.75, 3.05) is 0 Å². The number of benzene rings is 1. The summed E-state index contributed by atoms with van der Waals surface area (Å²) in [6.07, 6.45) is 0. The zero-order chi connectivity index (χ0) is 14.9. The van der Waals surface area contributed by atoms with E-state index in [-0.39, 0.29) is 16.2 Å². The van der Waals surface area contributed by atoms with Crippen molar-refractivity contribution >= 4 is 15.8 Å². The Balaban J connectivity index is 2.49. The Morgan fingerprint density at radius 1 is 1.30 bits per heavy atom. The van der Waals surface area contributed by atoms with E-state index in [1.807, 2.05) is 0 Å². The van der Waals surface area contributed by atoms with Gasteiger partial charge in [0.1, 0.15) is 5.76 Å². The molecule has 1 heterocycles. The summed E-state index contributed by atoms with van der Waals surface area (Å²) in [6, 6.07) is 5.53. The normalized spacial score (nSPS) is 11.5. The fourth-order valence-electron chi connectivity index (χ4n) is 1.89. The minimum atomic E-state index is -3.78. The molecular weight excluding hydrogens is 282 g/mol. The predicted molar refractivity (Wildman–Crippen MR) is 70.3 cm³/mol. The largest absolute Gasteiger partial charge is 0.478 e. The van der Waals surface area contributed by atoms with E-state index in [9.17, 15) is 13.2 Å². The van der Waals surface area contributed by atoms with Gasteiger partial charge in [-0.3, -0.25) is 0 Å². The third-order valence-corrected chi connectivity index (χ3v) is 4.66. The fraction of sp³-hybridized carbons (Fsp3) is 0.231. The van der Waals surface area contributed by atoms with E-state index in [2.05, 4.69) is 5.16 Å². The van der Waals surface area contributed by atoms with Crippen LogP contribution >= 0.6 is 0 Å². The van der Waals surface area contributed by atoms with Crippen molar-refractivity contribution in [1.82, 2.24) is 5.16 Å². The van der Waals surface area contributed by atoms with Gasteiger partial charge in [-0.05, 0) is 26.0 Å². The van der Waals surface area contributed by atoms with E-state index in [4.69, 9.17) is 9.63 Å². The second-order valence-corrected chi connectivity index (χ2v) is 6.32. The molecular formula is C13H13NO5S. The highest BCUT2D eigenvalue weighted by Crippen LogP contribution is 2.23. The number of aryl methyl sites for hydroxylation is 2. The predicted octanol–water partition coefficient (Wildman–Crippen LogP) is 1.96. The lowest BCUT2D eigenvalue weighted by Gasteiger charge is -2.07. The molecule has 20 heavy (non-hydrogen) atoms. The molecule has 0 atom stereocenters. The van der Waals surface area contributed by atoms with Gasteiger partial charge in [0.05, 0.1) is 21.9 Å². The number of hydrogen-bond acceptors (Lipinski definition) is 5. The molecule has 0 spiro atoms. The van der Waals surface area contributed by atoms with E-state index >= 15 is 0 Å². The maximum absolute atomic E-state index is 12.4. The van der Waals surface area contributed by atoms with E-state index in [0.29, 0.717) is 17.0 Å². The molecule has 106 valence electrons. The van der Waals surface area contributed by atoms with Gasteiger partial charge >= 0.3 is 5.97 Å². The molecule has 0 saturated heterocycles. The van der Waals surface area contributed by atoms with Crippen molar-refractivity contribution < 1.29 is 22.8 Å². The third-order valence-electron chi connectivity index (χ3n) is 2.97. The molecule has 6 nitrogen and oxygen atoms in total. The van der Waals surface area contributed by atoms with Crippen molar-refractivity contribution in [3.05, 3.63) is 46.8 Å². The van der Waals surface area contributed by atoms with Gasteiger partial charge in [-0.2, -0.15) is 0 Å². The highest BCUT2D eigenvalue weighted by molar-refractivity contribution is 7.90. The van der Waals surface area contributed by atoms with Crippen molar-refractivity contribution in [3.63, 3.8) is 0 Å². The summed E-state index contributed by atoms with van der Waals surface area (Å²) in [7, 11) is -3.78. The van der Waals surface area contributed by atoms with Crippen LogP contribution in [0.15, 0.2) is 33.7 Å². The van der Waals surface area contributed by atoms with Gasteiger partial charge in [-0.1, -0.05) is 17.3 Å². The van der Waals surface area contributed by atoms with Gasteiger partial charge < -0.3 is 9.63 Å². The van der Waals surface area contributed by atoms with Crippen molar-refractivity contribution in [3.8, 4) is 0 Å². The molecule has 0 saturated carbocycles. The smallest absolute Gasteiger partial charge is 0.337 e. The summed E-state index contributed by atoms with van der Waals surface area (Å²) in [4.78, 5) is 10.9. The van der Waals surface area contributed by atoms with Crippen molar-refractivity contribution in [2.24, 2.45) is 0 Å². The van der Waals surface area contributed by atoms with Gasteiger partial charge in [0, 0.05) is 5.56 Å². The highest BCUT2D eigenvalue weighted by Gasteiger charge is 2.25. The van der Waals surface area contributed by atoms with Crippen LogP contribution in [0.4, 0.5) is 0 Å². The van der Waals surface area contributed by atoms with Crippen LogP contribution in [0, 0.1) is 13.8 Å². The average Bonchev–Trinajstić information content (AvgIpc) is 2.70. The quantitative estimate of drug-likeness (QED) is 0.926. The third kappa shape index (κ3) is 2.57. The van der Waals surface area contributed by atoms with Gasteiger partial charge in [0.2, 0.25) is 0 Å². The zero-order valence-corrected chi connectivity index (χ0v) is 11.8. The molecule has 0 amide bonds. The van der Waals surface area contributed by atoms with Crippen molar-refractivity contribution in [1.29, 1.82) is 0 Å². The lowest BCUT2D eigenvalue weighted by Crippen LogP contribution is -2.11. The number of aromatic carboxylic acids is 1. The lowest BCUT2D eigenvalue weighted by molar-refractivity contribution is 0.0692. The molecule has 2 rings (SSSR count). The monoisotopic (exact) mass is 295 g/mol. The molecule has 1 aromatic carbocycles. The van der Waals surface area contributed by atoms with E-state index in [0.717, 1.165) is 0 Å². The number of carboxylic acid groups (broad SMARTS) is 1. The molecule has 0 fully saturated rings. The average molecular weight is 295 g/mol. The molecule has 0 unspecified atom stereocenters. The molecule has 0 aliphatic rings.